The molecule has 1 atom stereocenters. The maximum absolute atomic E-state index is 5.85. The molecule has 1 unspecified atom stereocenters. The molecule has 0 aromatic heterocycles. The molecule has 1 saturated heterocycles. The van der Waals surface area contributed by atoms with Crippen LogP contribution in [0.2, 0.25) is 0 Å². The van der Waals surface area contributed by atoms with Gasteiger partial charge in [-0.05, 0) is 58.5 Å². The van der Waals surface area contributed by atoms with Gasteiger partial charge in [0, 0.05) is 11.6 Å². The molecule has 0 spiro atoms. The van der Waals surface area contributed by atoms with Gasteiger partial charge in [-0.3, -0.25) is 4.90 Å². The lowest BCUT2D eigenvalue weighted by Crippen LogP contribution is -2.55. The minimum atomic E-state index is 0.372. The summed E-state index contributed by atoms with van der Waals surface area (Å²) in [5, 5.41) is 0. The molecule has 1 aliphatic heterocycles. The summed E-state index contributed by atoms with van der Waals surface area (Å²) in [6.07, 6.45) is 11.3. The van der Waals surface area contributed by atoms with Gasteiger partial charge < -0.3 is 5.73 Å². The molecule has 17 heavy (non-hydrogen) atoms. The van der Waals surface area contributed by atoms with E-state index < -0.39 is 0 Å². The van der Waals surface area contributed by atoms with E-state index in [-0.39, 0.29) is 0 Å². The Morgan fingerprint density at radius 1 is 1.06 bits per heavy atom. The van der Waals surface area contributed by atoms with Gasteiger partial charge >= 0.3 is 0 Å². The van der Waals surface area contributed by atoms with E-state index in [4.69, 9.17) is 5.73 Å². The van der Waals surface area contributed by atoms with Gasteiger partial charge in [0.15, 0.2) is 0 Å². The van der Waals surface area contributed by atoms with E-state index in [0.29, 0.717) is 5.54 Å². The molecule has 0 aromatic rings. The fourth-order valence-corrected chi connectivity index (χ4v) is 4.00. The number of piperidine rings is 1. The Balaban J connectivity index is 1.99. The third-order valence-electron chi connectivity index (χ3n) is 4.94. The average Bonchev–Trinajstić information content (AvgIpc) is 2.56. The summed E-state index contributed by atoms with van der Waals surface area (Å²) < 4.78 is 0. The quantitative estimate of drug-likeness (QED) is 0.749. The van der Waals surface area contributed by atoms with Crippen molar-refractivity contribution in [2.24, 2.45) is 11.7 Å². The molecule has 2 aliphatic rings. The highest BCUT2D eigenvalue weighted by Gasteiger charge is 2.37. The van der Waals surface area contributed by atoms with Gasteiger partial charge in [0.1, 0.15) is 0 Å². The van der Waals surface area contributed by atoms with E-state index in [1.54, 1.807) is 0 Å². The fraction of sp³-hybridized carbons (Fsp3) is 1.00. The second-order valence-corrected chi connectivity index (χ2v) is 6.75. The summed E-state index contributed by atoms with van der Waals surface area (Å²) in [6, 6.07) is 0.853. The molecule has 2 N–H and O–H groups in total. The molecule has 0 radical (unpaired) electrons. The van der Waals surface area contributed by atoms with Gasteiger partial charge in [0.2, 0.25) is 0 Å². The minimum Gasteiger partial charge on any atom is -0.330 e. The largest absolute Gasteiger partial charge is 0.330 e. The van der Waals surface area contributed by atoms with Crippen molar-refractivity contribution in [3.05, 3.63) is 0 Å². The van der Waals surface area contributed by atoms with Crippen molar-refractivity contribution in [1.29, 1.82) is 0 Å². The normalized spacial score (nSPS) is 32.3. The van der Waals surface area contributed by atoms with Gasteiger partial charge in [-0.2, -0.15) is 0 Å². The lowest BCUT2D eigenvalue weighted by molar-refractivity contribution is 0.00543. The molecule has 2 heteroatoms. The predicted molar refractivity (Wildman–Crippen MR) is 74.1 cm³/mol. The predicted octanol–water partition coefficient (Wildman–Crippen LogP) is 3.16. The first-order valence-corrected chi connectivity index (χ1v) is 7.60. The van der Waals surface area contributed by atoms with E-state index in [0.717, 1.165) is 18.5 Å². The molecule has 2 rings (SSSR count). The van der Waals surface area contributed by atoms with Crippen LogP contribution >= 0.6 is 0 Å². The van der Waals surface area contributed by atoms with Crippen LogP contribution in [0.5, 0.6) is 0 Å². The van der Waals surface area contributed by atoms with Gasteiger partial charge in [-0.1, -0.05) is 25.7 Å². The van der Waals surface area contributed by atoms with E-state index in [1.807, 2.05) is 0 Å². The molecular weight excluding hydrogens is 208 g/mol. The van der Waals surface area contributed by atoms with Crippen LogP contribution in [-0.4, -0.2) is 29.6 Å². The Morgan fingerprint density at radius 3 is 2.24 bits per heavy atom. The van der Waals surface area contributed by atoms with Crippen molar-refractivity contribution >= 4 is 0 Å². The highest BCUT2D eigenvalue weighted by atomic mass is 15.2. The minimum absolute atomic E-state index is 0.372. The summed E-state index contributed by atoms with van der Waals surface area (Å²) in [7, 11) is 0. The molecule has 0 bridgehead atoms. The van der Waals surface area contributed by atoms with Gasteiger partial charge in [0.05, 0.1) is 0 Å². The smallest absolute Gasteiger partial charge is 0.0159 e. The number of hydrogen-bond donors (Lipinski definition) is 1. The Labute approximate surface area is 107 Å². The summed E-state index contributed by atoms with van der Waals surface area (Å²) in [5.41, 5.74) is 6.23. The molecule has 1 aliphatic carbocycles. The lowest BCUT2D eigenvalue weighted by Gasteiger charge is -2.49. The standard InChI is InChI=1S/C15H30N2/c1-15(2)11-13(12-16)9-10-17(15)14-7-5-3-4-6-8-14/h13-14H,3-12,16H2,1-2H3. The van der Waals surface area contributed by atoms with Crippen LogP contribution in [0.4, 0.5) is 0 Å². The molecule has 2 fully saturated rings. The maximum Gasteiger partial charge on any atom is 0.0159 e. The number of nitrogens with two attached hydrogens (primary N) is 1. The Morgan fingerprint density at radius 2 is 1.71 bits per heavy atom. The van der Waals surface area contributed by atoms with E-state index in [2.05, 4.69) is 18.7 Å². The second-order valence-electron chi connectivity index (χ2n) is 6.75. The van der Waals surface area contributed by atoms with Crippen molar-refractivity contribution < 1.29 is 0 Å². The third-order valence-corrected chi connectivity index (χ3v) is 4.94. The topological polar surface area (TPSA) is 29.3 Å². The van der Waals surface area contributed by atoms with Crippen LogP contribution in [0.15, 0.2) is 0 Å². The first kappa shape index (κ1) is 13.4. The monoisotopic (exact) mass is 238 g/mol. The van der Waals surface area contributed by atoms with Crippen LogP contribution < -0.4 is 5.73 Å². The Hall–Kier alpha value is -0.0800. The van der Waals surface area contributed by atoms with Gasteiger partial charge in [0.25, 0.3) is 0 Å². The SMILES string of the molecule is CC1(C)CC(CN)CCN1C1CCCCCC1. The number of hydrogen-bond acceptors (Lipinski definition) is 2. The Kier molecular flexibility index (Phi) is 4.48. The zero-order valence-corrected chi connectivity index (χ0v) is 11.8. The van der Waals surface area contributed by atoms with Gasteiger partial charge in [-0.15, -0.1) is 0 Å². The van der Waals surface area contributed by atoms with Crippen molar-refractivity contribution in [3.63, 3.8) is 0 Å². The van der Waals surface area contributed by atoms with Crippen molar-refractivity contribution in [3.8, 4) is 0 Å². The van der Waals surface area contributed by atoms with Crippen LogP contribution in [0.25, 0.3) is 0 Å². The Bertz CT molecular complexity index is 229. The fourth-order valence-electron chi connectivity index (χ4n) is 4.00. The van der Waals surface area contributed by atoms with Crippen molar-refractivity contribution in [2.75, 3.05) is 13.1 Å². The molecular formula is C15H30N2. The highest BCUT2D eigenvalue weighted by molar-refractivity contribution is 4.93. The van der Waals surface area contributed by atoms with E-state index >= 15 is 0 Å². The first-order valence-electron chi connectivity index (χ1n) is 7.60. The molecule has 100 valence electrons. The van der Waals surface area contributed by atoms with Crippen LogP contribution in [0.3, 0.4) is 0 Å². The van der Waals surface area contributed by atoms with Crippen LogP contribution in [-0.2, 0) is 0 Å². The third kappa shape index (κ3) is 3.23. The first-order chi connectivity index (χ1) is 8.13. The molecule has 1 saturated carbocycles. The van der Waals surface area contributed by atoms with Crippen LogP contribution in [0.1, 0.15) is 65.2 Å². The molecule has 0 amide bonds. The zero-order valence-electron chi connectivity index (χ0n) is 11.8. The summed E-state index contributed by atoms with van der Waals surface area (Å²) >= 11 is 0. The number of rotatable bonds is 2. The lowest BCUT2D eigenvalue weighted by atomic mass is 9.81. The second kappa shape index (κ2) is 5.71. The van der Waals surface area contributed by atoms with E-state index in [9.17, 15) is 0 Å². The van der Waals surface area contributed by atoms with E-state index in [1.165, 1.54) is 57.9 Å². The molecule has 2 nitrogen and oxygen atoms in total. The van der Waals surface area contributed by atoms with Crippen LogP contribution in [0, 0.1) is 5.92 Å². The number of nitrogens with zero attached hydrogens (tertiary/aromatic N) is 1. The molecule has 1 heterocycles. The number of likely N-dealkylation sites (tertiary alicyclic amines) is 1. The highest BCUT2D eigenvalue weighted by Crippen LogP contribution is 2.36. The van der Waals surface area contributed by atoms with Crippen molar-refractivity contribution in [2.45, 2.75) is 76.8 Å². The zero-order chi connectivity index (χ0) is 12.3. The maximum atomic E-state index is 5.85. The van der Waals surface area contributed by atoms with Crippen molar-refractivity contribution in [1.82, 2.24) is 4.90 Å². The van der Waals surface area contributed by atoms with Gasteiger partial charge in [-0.25, -0.2) is 0 Å². The average molecular weight is 238 g/mol. The summed E-state index contributed by atoms with van der Waals surface area (Å²) in [5.74, 6) is 0.757. The summed E-state index contributed by atoms with van der Waals surface area (Å²) in [6.45, 7) is 7.01. The molecule has 0 aromatic carbocycles. The summed E-state index contributed by atoms with van der Waals surface area (Å²) in [4.78, 5) is 2.81.